The number of aryl methyl sites for hydroxylation is 1. The predicted molar refractivity (Wildman–Crippen MR) is 63.9 cm³/mol. The summed E-state index contributed by atoms with van der Waals surface area (Å²) in [5.74, 6) is 0.108. The van der Waals surface area contributed by atoms with Crippen molar-refractivity contribution in [2.75, 3.05) is 0 Å². The fraction of sp³-hybridized carbons (Fsp3) is 0.250. The molecule has 4 N–H and O–H groups in total. The number of rotatable bonds is 2. The van der Waals surface area contributed by atoms with Gasteiger partial charge in [-0.1, -0.05) is 6.07 Å². The number of nitrogens with zero attached hydrogens (tertiary/aromatic N) is 2. The first kappa shape index (κ1) is 12.2. The molecule has 1 aromatic heterocycles. The number of nitrogens with two attached hydrogens (primary N) is 2. The largest absolute Gasteiger partial charge is 0.370 e. The highest BCUT2D eigenvalue weighted by Crippen LogP contribution is 2.01. The second-order valence-electron chi connectivity index (χ2n) is 2.61. The molecule has 4 nitrogen and oxygen atoms in total. The molecular formula is C8H13IN4. The molecule has 0 aliphatic carbocycles. The van der Waals surface area contributed by atoms with Gasteiger partial charge in [0, 0.05) is 12.4 Å². The van der Waals surface area contributed by atoms with E-state index >= 15 is 0 Å². The van der Waals surface area contributed by atoms with Crippen LogP contribution >= 0.6 is 24.0 Å². The highest BCUT2D eigenvalue weighted by molar-refractivity contribution is 14.0. The zero-order chi connectivity index (χ0) is 8.97. The Kier molecular flexibility index (Phi) is 5.36. The van der Waals surface area contributed by atoms with Crippen LogP contribution in [0.15, 0.2) is 23.5 Å². The number of hydrogen-bond donors (Lipinski definition) is 2. The van der Waals surface area contributed by atoms with E-state index in [1.165, 1.54) is 0 Å². The van der Waals surface area contributed by atoms with Crippen LogP contribution < -0.4 is 11.5 Å². The van der Waals surface area contributed by atoms with E-state index in [0.29, 0.717) is 6.54 Å². The topological polar surface area (TPSA) is 77.3 Å². The van der Waals surface area contributed by atoms with Crippen molar-refractivity contribution in [1.29, 1.82) is 0 Å². The van der Waals surface area contributed by atoms with Crippen LogP contribution in [0.25, 0.3) is 0 Å². The second-order valence-corrected chi connectivity index (χ2v) is 2.61. The Balaban J connectivity index is 0.00000144. The van der Waals surface area contributed by atoms with Crippen molar-refractivity contribution in [3.63, 3.8) is 0 Å². The van der Waals surface area contributed by atoms with Crippen molar-refractivity contribution in [3.05, 3.63) is 29.6 Å². The summed E-state index contributed by atoms with van der Waals surface area (Å²) in [6.45, 7) is 2.48. The van der Waals surface area contributed by atoms with Gasteiger partial charge in [0.2, 0.25) is 0 Å². The molecule has 72 valence electrons. The molecule has 0 spiro atoms. The zero-order valence-corrected chi connectivity index (χ0v) is 9.73. The van der Waals surface area contributed by atoms with Crippen LogP contribution in [0.1, 0.15) is 11.1 Å². The molecule has 0 saturated carbocycles. The number of pyridine rings is 1. The monoisotopic (exact) mass is 292 g/mol. The summed E-state index contributed by atoms with van der Waals surface area (Å²) in [5, 5.41) is 0. The van der Waals surface area contributed by atoms with Crippen LogP contribution in [-0.2, 0) is 6.54 Å². The smallest absolute Gasteiger partial charge is 0.186 e. The maximum atomic E-state index is 5.19. The van der Waals surface area contributed by atoms with Gasteiger partial charge in [-0.2, -0.15) is 0 Å². The molecule has 0 aliphatic heterocycles. The summed E-state index contributed by atoms with van der Waals surface area (Å²) in [7, 11) is 0. The second kappa shape index (κ2) is 5.74. The minimum absolute atomic E-state index is 0. The lowest BCUT2D eigenvalue weighted by molar-refractivity contribution is 1.03. The number of guanidine groups is 1. The predicted octanol–water partition coefficient (Wildman–Crippen LogP) is 0.781. The van der Waals surface area contributed by atoms with Gasteiger partial charge >= 0.3 is 0 Å². The maximum Gasteiger partial charge on any atom is 0.186 e. The van der Waals surface area contributed by atoms with Crippen LogP contribution in [0.5, 0.6) is 0 Å². The Morgan fingerprint density at radius 1 is 1.46 bits per heavy atom. The van der Waals surface area contributed by atoms with Gasteiger partial charge in [0.05, 0.1) is 6.54 Å². The molecular weight excluding hydrogens is 279 g/mol. The quantitative estimate of drug-likeness (QED) is 0.480. The first-order chi connectivity index (χ1) is 5.68. The van der Waals surface area contributed by atoms with Crippen molar-refractivity contribution in [1.82, 2.24) is 4.98 Å². The van der Waals surface area contributed by atoms with Gasteiger partial charge in [-0.25, -0.2) is 4.99 Å². The lowest BCUT2D eigenvalue weighted by Crippen LogP contribution is -2.22. The summed E-state index contributed by atoms with van der Waals surface area (Å²) < 4.78 is 0. The van der Waals surface area contributed by atoms with Crippen molar-refractivity contribution >= 4 is 29.9 Å². The van der Waals surface area contributed by atoms with Crippen LogP contribution in [0.4, 0.5) is 0 Å². The van der Waals surface area contributed by atoms with Crippen LogP contribution in [0.3, 0.4) is 0 Å². The molecule has 0 atom stereocenters. The van der Waals surface area contributed by atoms with E-state index in [-0.39, 0.29) is 29.9 Å². The number of aromatic nitrogens is 1. The van der Waals surface area contributed by atoms with Gasteiger partial charge in [0.15, 0.2) is 5.96 Å². The van der Waals surface area contributed by atoms with E-state index in [2.05, 4.69) is 9.98 Å². The fourth-order valence-electron chi connectivity index (χ4n) is 0.887. The third-order valence-corrected chi connectivity index (χ3v) is 1.38. The summed E-state index contributed by atoms with van der Waals surface area (Å²) >= 11 is 0. The Morgan fingerprint density at radius 3 is 2.69 bits per heavy atom. The van der Waals surface area contributed by atoms with Gasteiger partial charge in [0.25, 0.3) is 0 Å². The third-order valence-electron chi connectivity index (χ3n) is 1.38. The molecule has 0 aromatic carbocycles. The summed E-state index contributed by atoms with van der Waals surface area (Å²) in [6, 6.07) is 2.00. The van der Waals surface area contributed by atoms with E-state index < -0.39 is 0 Å². The Labute approximate surface area is 94.5 Å². The number of halogens is 1. The average molecular weight is 292 g/mol. The van der Waals surface area contributed by atoms with E-state index in [0.717, 1.165) is 11.1 Å². The van der Waals surface area contributed by atoms with Gasteiger partial charge in [-0.3, -0.25) is 4.98 Å². The first-order valence-corrected chi connectivity index (χ1v) is 3.64. The van der Waals surface area contributed by atoms with Gasteiger partial charge in [-0.15, -0.1) is 24.0 Å². The molecule has 1 rings (SSSR count). The molecule has 0 fully saturated rings. The SMILES string of the molecule is Cc1cncc(CN=C(N)N)c1.I. The lowest BCUT2D eigenvalue weighted by atomic mass is 10.2. The van der Waals surface area contributed by atoms with Gasteiger partial charge in [0.1, 0.15) is 0 Å². The zero-order valence-electron chi connectivity index (χ0n) is 7.40. The molecule has 1 heterocycles. The van der Waals surface area contributed by atoms with E-state index in [4.69, 9.17) is 11.5 Å². The van der Waals surface area contributed by atoms with E-state index in [1.54, 1.807) is 12.4 Å². The Hall–Kier alpha value is -0.850. The van der Waals surface area contributed by atoms with Crippen LogP contribution in [0, 0.1) is 6.92 Å². The normalized spacial score (nSPS) is 8.69. The summed E-state index contributed by atoms with van der Waals surface area (Å²) in [5.41, 5.74) is 12.5. The fourth-order valence-corrected chi connectivity index (χ4v) is 0.887. The maximum absolute atomic E-state index is 5.19. The molecule has 5 heteroatoms. The summed E-state index contributed by atoms with van der Waals surface area (Å²) in [6.07, 6.45) is 3.54. The molecule has 0 saturated heterocycles. The molecule has 13 heavy (non-hydrogen) atoms. The van der Waals surface area contributed by atoms with Gasteiger partial charge < -0.3 is 11.5 Å². The van der Waals surface area contributed by atoms with E-state index in [9.17, 15) is 0 Å². The average Bonchev–Trinajstić information content (AvgIpc) is 2.01. The molecule has 0 aliphatic rings. The molecule has 0 amide bonds. The van der Waals surface area contributed by atoms with E-state index in [1.807, 2.05) is 13.0 Å². The van der Waals surface area contributed by atoms with Crippen molar-refractivity contribution in [2.45, 2.75) is 13.5 Å². The Bertz CT molecular complexity index is 294. The van der Waals surface area contributed by atoms with Crippen molar-refractivity contribution < 1.29 is 0 Å². The minimum Gasteiger partial charge on any atom is -0.370 e. The van der Waals surface area contributed by atoms with Crippen molar-refractivity contribution in [3.8, 4) is 0 Å². The standard InChI is InChI=1S/C8H12N4.HI/c1-6-2-7(4-11-3-6)5-12-8(9)10;/h2-4H,5H2,1H3,(H4,9,10,12);1H. The van der Waals surface area contributed by atoms with Gasteiger partial charge in [-0.05, 0) is 18.1 Å². The van der Waals surface area contributed by atoms with Crippen LogP contribution in [0.2, 0.25) is 0 Å². The molecule has 1 aromatic rings. The first-order valence-electron chi connectivity index (χ1n) is 3.64. The highest BCUT2D eigenvalue weighted by Gasteiger charge is 1.91. The molecule has 0 radical (unpaired) electrons. The van der Waals surface area contributed by atoms with Crippen LogP contribution in [-0.4, -0.2) is 10.9 Å². The summed E-state index contributed by atoms with van der Waals surface area (Å²) in [4.78, 5) is 7.88. The minimum atomic E-state index is 0. The number of hydrogen-bond acceptors (Lipinski definition) is 2. The number of aliphatic imine (C=N–C) groups is 1. The molecule has 0 unspecified atom stereocenters. The Morgan fingerprint density at radius 2 is 2.15 bits per heavy atom. The molecule has 0 bridgehead atoms. The third kappa shape index (κ3) is 4.66. The van der Waals surface area contributed by atoms with Crippen molar-refractivity contribution in [2.24, 2.45) is 16.5 Å². The lowest BCUT2D eigenvalue weighted by Gasteiger charge is -1.97. The highest BCUT2D eigenvalue weighted by atomic mass is 127.